The van der Waals surface area contributed by atoms with Gasteiger partial charge in [-0.1, -0.05) is 42.1 Å². The molecule has 2 heterocycles. The van der Waals surface area contributed by atoms with Crippen molar-refractivity contribution in [2.45, 2.75) is 5.16 Å². The van der Waals surface area contributed by atoms with E-state index >= 15 is 0 Å². The van der Waals surface area contributed by atoms with Crippen LogP contribution in [0.5, 0.6) is 11.5 Å². The molecule has 4 aromatic rings. The summed E-state index contributed by atoms with van der Waals surface area (Å²) < 4.78 is 12.0. The van der Waals surface area contributed by atoms with Crippen molar-refractivity contribution in [1.82, 2.24) is 9.55 Å². The monoisotopic (exact) mass is 452 g/mol. The number of Topliss-reactive ketones (excluding diaryl/α,β-unsaturated/α-hetero) is 1. The lowest BCUT2D eigenvalue weighted by Crippen LogP contribution is -2.19. The Morgan fingerprint density at radius 1 is 1.10 bits per heavy atom. The van der Waals surface area contributed by atoms with E-state index in [4.69, 9.17) is 9.47 Å². The molecule has 0 aliphatic heterocycles. The van der Waals surface area contributed by atoms with Gasteiger partial charge in [0.25, 0.3) is 5.56 Å². The summed E-state index contributed by atoms with van der Waals surface area (Å²) in [5.74, 6) is 1.04. The van der Waals surface area contributed by atoms with Crippen LogP contribution >= 0.6 is 23.1 Å². The quantitative estimate of drug-likeness (QED) is 0.231. The standard InChI is InChI=1S/C23H20N2O4S2/c1-25-22(27)17-12-20(14-7-5-4-6-8-14)31-21(17)24-23(25)30-13-18(26)16-11-15(28-2)9-10-19(16)29-3/h4-12H,13H2,1-3H3. The number of thiophene rings is 1. The highest BCUT2D eigenvalue weighted by Gasteiger charge is 2.17. The molecule has 0 radical (unpaired) electrons. The minimum absolute atomic E-state index is 0.117. The van der Waals surface area contributed by atoms with E-state index in [1.165, 1.54) is 34.8 Å². The Kier molecular flexibility index (Phi) is 6.11. The summed E-state index contributed by atoms with van der Waals surface area (Å²) in [6.45, 7) is 0. The fourth-order valence-electron chi connectivity index (χ4n) is 3.16. The predicted octanol–water partition coefficient (Wildman–Crippen LogP) is 4.65. The maximum Gasteiger partial charge on any atom is 0.262 e. The number of thioether (sulfide) groups is 1. The van der Waals surface area contributed by atoms with Gasteiger partial charge in [0.2, 0.25) is 0 Å². The molecule has 0 amide bonds. The van der Waals surface area contributed by atoms with Crippen molar-refractivity contribution < 1.29 is 14.3 Å². The highest BCUT2D eigenvalue weighted by Crippen LogP contribution is 2.32. The molecule has 0 saturated carbocycles. The zero-order chi connectivity index (χ0) is 22.0. The van der Waals surface area contributed by atoms with Gasteiger partial charge >= 0.3 is 0 Å². The molecule has 8 heteroatoms. The largest absolute Gasteiger partial charge is 0.497 e. The van der Waals surface area contributed by atoms with Crippen LogP contribution in [-0.4, -0.2) is 35.3 Å². The van der Waals surface area contributed by atoms with E-state index in [9.17, 15) is 9.59 Å². The molecule has 0 saturated heterocycles. The lowest BCUT2D eigenvalue weighted by atomic mass is 10.1. The zero-order valence-electron chi connectivity index (χ0n) is 17.2. The first-order valence-corrected chi connectivity index (χ1v) is 11.3. The summed E-state index contributed by atoms with van der Waals surface area (Å²) >= 11 is 2.70. The average molecular weight is 453 g/mol. The number of carbonyl (C=O) groups excluding carboxylic acids is 1. The maximum absolute atomic E-state index is 12.9. The number of carbonyl (C=O) groups is 1. The number of benzene rings is 2. The lowest BCUT2D eigenvalue weighted by Gasteiger charge is -2.10. The van der Waals surface area contributed by atoms with Gasteiger partial charge in [0.15, 0.2) is 10.9 Å². The maximum atomic E-state index is 12.9. The highest BCUT2D eigenvalue weighted by atomic mass is 32.2. The molecule has 0 unspecified atom stereocenters. The van der Waals surface area contributed by atoms with Crippen LogP contribution in [0.1, 0.15) is 10.4 Å². The molecule has 0 atom stereocenters. The van der Waals surface area contributed by atoms with Crippen LogP contribution in [0.4, 0.5) is 0 Å². The summed E-state index contributed by atoms with van der Waals surface area (Å²) in [6, 6.07) is 16.9. The summed E-state index contributed by atoms with van der Waals surface area (Å²) in [6.07, 6.45) is 0. The Balaban J connectivity index is 1.63. The normalized spacial score (nSPS) is 10.9. The van der Waals surface area contributed by atoms with E-state index in [1.807, 2.05) is 36.4 Å². The number of hydrogen-bond acceptors (Lipinski definition) is 7. The first-order valence-electron chi connectivity index (χ1n) is 9.46. The third-order valence-corrected chi connectivity index (χ3v) is 6.94. The number of hydrogen-bond donors (Lipinski definition) is 0. The van der Waals surface area contributed by atoms with Crippen LogP contribution in [0.3, 0.4) is 0 Å². The molecule has 0 fully saturated rings. The van der Waals surface area contributed by atoms with E-state index in [0.29, 0.717) is 32.4 Å². The number of fused-ring (bicyclic) bond motifs is 1. The average Bonchev–Trinajstić information content (AvgIpc) is 3.24. The smallest absolute Gasteiger partial charge is 0.262 e. The fraction of sp³-hybridized carbons (Fsp3) is 0.174. The summed E-state index contributed by atoms with van der Waals surface area (Å²) in [4.78, 5) is 32.0. The topological polar surface area (TPSA) is 70.4 Å². The number of rotatable bonds is 7. The minimum atomic E-state index is -0.133. The van der Waals surface area contributed by atoms with Gasteiger partial charge < -0.3 is 9.47 Å². The van der Waals surface area contributed by atoms with Crippen molar-refractivity contribution in [3.63, 3.8) is 0 Å². The van der Waals surface area contributed by atoms with Crippen molar-refractivity contribution in [2.24, 2.45) is 7.05 Å². The van der Waals surface area contributed by atoms with Crippen LogP contribution in [0.15, 0.2) is 64.5 Å². The van der Waals surface area contributed by atoms with Gasteiger partial charge in [-0.25, -0.2) is 4.98 Å². The van der Waals surface area contributed by atoms with Crippen molar-refractivity contribution >= 4 is 39.1 Å². The molecule has 0 N–H and O–H groups in total. The number of aromatic nitrogens is 2. The van der Waals surface area contributed by atoms with Crippen LogP contribution in [-0.2, 0) is 7.05 Å². The van der Waals surface area contributed by atoms with Gasteiger partial charge in [0, 0.05) is 11.9 Å². The molecule has 2 aromatic heterocycles. The molecule has 6 nitrogen and oxygen atoms in total. The van der Waals surface area contributed by atoms with Crippen LogP contribution in [0.2, 0.25) is 0 Å². The van der Waals surface area contributed by atoms with Gasteiger partial charge in [0.1, 0.15) is 16.3 Å². The van der Waals surface area contributed by atoms with E-state index < -0.39 is 0 Å². The Hall–Kier alpha value is -3.10. The van der Waals surface area contributed by atoms with Gasteiger partial charge in [-0.2, -0.15) is 0 Å². The number of nitrogens with zero attached hydrogens (tertiary/aromatic N) is 2. The third kappa shape index (κ3) is 4.22. The number of methoxy groups -OCH3 is 2. The predicted molar refractivity (Wildman–Crippen MR) is 125 cm³/mol. The van der Waals surface area contributed by atoms with Gasteiger partial charge in [-0.3, -0.25) is 14.2 Å². The van der Waals surface area contributed by atoms with Crippen molar-refractivity contribution in [3.8, 4) is 21.9 Å². The fourth-order valence-corrected chi connectivity index (χ4v) is 5.09. The summed E-state index contributed by atoms with van der Waals surface area (Å²) in [5, 5.41) is 1.07. The van der Waals surface area contributed by atoms with Crippen molar-refractivity contribution in [2.75, 3.05) is 20.0 Å². The number of ketones is 1. The second-order valence-electron chi connectivity index (χ2n) is 6.73. The molecule has 0 spiro atoms. The first kappa shape index (κ1) is 21.1. The second-order valence-corrected chi connectivity index (χ2v) is 8.71. The minimum Gasteiger partial charge on any atom is -0.497 e. The van der Waals surface area contributed by atoms with Crippen molar-refractivity contribution in [3.05, 3.63) is 70.5 Å². The van der Waals surface area contributed by atoms with Crippen LogP contribution in [0.25, 0.3) is 20.7 Å². The van der Waals surface area contributed by atoms with Gasteiger partial charge in [-0.15, -0.1) is 11.3 Å². The summed E-state index contributed by atoms with van der Waals surface area (Å²) in [7, 11) is 4.74. The zero-order valence-corrected chi connectivity index (χ0v) is 18.9. The van der Waals surface area contributed by atoms with E-state index in [2.05, 4.69) is 4.98 Å². The molecule has 4 rings (SSSR count). The van der Waals surface area contributed by atoms with Crippen LogP contribution < -0.4 is 15.0 Å². The van der Waals surface area contributed by atoms with E-state index in [1.54, 1.807) is 32.4 Å². The Bertz CT molecular complexity index is 1310. The van der Waals surface area contributed by atoms with Gasteiger partial charge in [-0.05, 0) is 29.8 Å². The molecular weight excluding hydrogens is 432 g/mol. The Morgan fingerprint density at radius 3 is 2.58 bits per heavy atom. The Morgan fingerprint density at radius 2 is 1.87 bits per heavy atom. The first-order chi connectivity index (χ1) is 15.0. The van der Waals surface area contributed by atoms with E-state index in [0.717, 1.165) is 10.4 Å². The Labute approximate surface area is 187 Å². The molecule has 31 heavy (non-hydrogen) atoms. The van der Waals surface area contributed by atoms with Crippen molar-refractivity contribution in [1.29, 1.82) is 0 Å². The molecule has 0 aliphatic carbocycles. The number of ether oxygens (including phenoxy) is 2. The lowest BCUT2D eigenvalue weighted by molar-refractivity contribution is 0.101. The molecular formula is C23H20N2O4S2. The third-order valence-electron chi connectivity index (χ3n) is 4.83. The molecule has 0 aliphatic rings. The molecule has 158 valence electrons. The highest BCUT2D eigenvalue weighted by molar-refractivity contribution is 7.99. The van der Waals surface area contributed by atoms with E-state index in [-0.39, 0.29) is 17.1 Å². The van der Waals surface area contributed by atoms with Crippen LogP contribution in [0, 0.1) is 0 Å². The molecule has 2 aromatic carbocycles. The summed E-state index contributed by atoms with van der Waals surface area (Å²) in [5.41, 5.74) is 1.35. The SMILES string of the molecule is COc1ccc(OC)c(C(=O)CSc2nc3sc(-c4ccccc4)cc3c(=O)n2C)c1. The second kappa shape index (κ2) is 8.95. The van der Waals surface area contributed by atoms with Gasteiger partial charge in [0.05, 0.1) is 30.9 Å². The molecule has 0 bridgehead atoms.